The molecule has 0 radical (unpaired) electrons. The zero-order chi connectivity index (χ0) is 14.0. The van der Waals surface area contributed by atoms with E-state index in [1.807, 2.05) is 31.2 Å². The number of nitrogens with zero attached hydrogens (tertiary/aromatic N) is 2. The predicted molar refractivity (Wildman–Crippen MR) is 72.7 cm³/mol. The fraction of sp³-hybridized carbons (Fsp3) is 0.429. The van der Waals surface area contributed by atoms with Crippen LogP contribution in [0.4, 0.5) is 0 Å². The summed E-state index contributed by atoms with van der Waals surface area (Å²) >= 11 is 0. The number of rotatable bonds is 4. The quantitative estimate of drug-likeness (QED) is 0.373. The summed E-state index contributed by atoms with van der Waals surface area (Å²) in [5.74, 6) is -0.0554. The summed E-state index contributed by atoms with van der Waals surface area (Å²) < 4.78 is 0. The minimum absolute atomic E-state index is 0.0223. The molecule has 19 heavy (non-hydrogen) atoms. The molecule has 0 bridgehead atoms. The molecular formula is C14H19N3O2. The van der Waals surface area contributed by atoms with E-state index in [9.17, 15) is 4.79 Å². The Kier molecular flexibility index (Phi) is 3.46. The Balaban J connectivity index is 2.11. The lowest BCUT2D eigenvalue weighted by Crippen LogP contribution is -2.41. The van der Waals surface area contributed by atoms with Crippen LogP contribution >= 0.6 is 0 Å². The smallest absolute Gasteiger partial charge is 0.236 e. The van der Waals surface area contributed by atoms with Crippen LogP contribution in [0.25, 0.3) is 0 Å². The molecule has 1 aromatic carbocycles. The molecule has 0 atom stereocenters. The zero-order valence-corrected chi connectivity index (χ0v) is 11.3. The molecule has 1 amide bonds. The molecule has 5 nitrogen and oxygen atoms in total. The monoisotopic (exact) mass is 261 g/mol. The number of hydrogen-bond acceptors (Lipinski definition) is 3. The van der Waals surface area contributed by atoms with Gasteiger partial charge in [-0.3, -0.25) is 4.79 Å². The Hall–Kier alpha value is -2.04. The molecule has 0 saturated heterocycles. The summed E-state index contributed by atoms with van der Waals surface area (Å²) in [5, 5.41) is 11.8. The number of carbonyl (C=O) groups excluding carboxylic acids is 1. The minimum atomic E-state index is -0.772. The van der Waals surface area contributed by atoms with E-state index >= 15 is 0 Å². The summed E-state index contributed by atoms with van der Waals surface area (Å²) in [4.78, 5) is 14.0. The third kappa shape index (κ3) is 2.41. The molecule has 1 aromatic rings. The summed E-state index contributed by atoms with van der Waals surface area (Å²) in [5.41, 5.74) is 7.11. The summed E-state index contributed by atoms with van der Waals surface area (Å²) in [7, 11) is 1.75. The van der Waals surface area contributed by atoms with Gasteiger partial charge in [-0.2, -0.15) is 0 Å². The molecule has 1 fully saturated rings. The van der Waals surface area contributed by atoms with Gasteiger partial charge in [0.15, 0.2) is 5.84 Å². The van der Waals surface area contributed by atoms with Crippen molar-refractivity contribution in [1.82, 2.24) is 4.90 Å². The van der Waals surface area contributed by atoms with Gasteiger partial charge in [-0.15, -0.1) is 0 Å². The lowest BCUT2D eigenvalue weighted by molar-refractivity contribution is -0.133. The third-order valence-corrected chi connectivity index (χ3v) is 3.77. The van der Waals surface area contributed by atoms with Crippen molar-refractivity contribution in [3.63, 3.8) is 0 Å². The van der Waals surface area contributed by atoms with E-state index in [4.69, 9.17) is 10.9 Å². The van der Waals surface area contributed by atoms with Crippen molar-refractivity contribution in [2.24, 2.45) is 16.3 Å². The average Bonchev–Trinajstić information content (AvgIpc) is 3.21. The number of aryl methyl sites for hydroxylation is 1. The number of carbonyl (C=O) groups is 1. The molecule has 102 valence electrons. The SMILES string of the molecule is Cc1ccccc1CN(C)C(=O)C1(/C(N)=N/O)CC1. The van der Waals surface area contributed by atoms with Crippen molar-refractivity contribution in [3.05, 3.63) is 35.4 Å². The Labute approximate surface area is 112 Å². The first-order valence-electron chi connectivity index (χ1n) is 6.29. The third-order valence-electron chi connectivity index (χ3n) is 3.77. The number of nitrogens with two attached hydrogens (primary N) is 1. The molecule has 1 aliphatic carbocycles. The van der Waals surface area contributed by atoms with Crippen LogP contribution in [0, 0.1) is 12.3 Å². The Morgan fingerprint density at radius 3 is 2.63 bits per heavy atom. The number of amidine groups is 1. The summed E-state index contributed by atoms with van der Waals surface area (Å²) in [6.07, 6.45) is 1.31. The van der Waals surface area contributed by atoms with E-state index in [-0.39, 0.29) is 11.7 Å². The minimum Gasteiger partial charge on any atom is -0.409 e. The zero-order valence-electron chi connectivity index (χ0n) is 11.3. The summed E-state index contributed by atoms with van der Waals surface area (Å²) in [6.45, 7) is 2.55. The molecule has 0 spiro atoms. The maximum absolute atomic E-state index is 12.4. The molecule has 1 saturated carbocycles. The predicted octanol–water partition coefficient (Wildman–Crippen LogP) is 1.48. The van der Waals surface area contributed by atoms with Crippen LogP contribution < -0.4 is 5.73 Å². The van der Waals surface area contributed by atoms with Crippen LogP contribution in [0.3, 0.4) is 0 Å². The van der Waals surface area contributed by atoms with Crippen molar-refractivity contribution in [3.8, 4) is 0 Å². The Morgan fingerprint density at radius 2 is 2.11 bits per heavy atom. The van der Waals surface area contributed by atoms with E-state index in [0.29, 0.717) is 19.4 Å². The van der Waals surface area contributed by atoms with Gasteiger partial charge >= 0.3 is 0 Å². The number of benzene rings is 1. The van der Waals surface area contributed by atoms with Crippen LogP contribution in [0.15, 0.2) is 29.4 Å². The molecule has 0 aromatic heterocycles. The lowest BCUT2D eigenvalue weighted by atomic mass is 10.0. The van der Waals surface area contributed by atoms with Gasteiger partial charge in [-0.1, -0.05) is 29.4 Å². The highest BCUT2D eigenvalue weighted by atomic mass is 16.4. The van der Waals surface area contributed by atoms with Crippen LogP contribution in [0.2, 0.25) is 0 Å². The second kappa shape index (κ2) is 4.91. The van der Waals surface area contributed by atoms with Crippen molar-refractivity contribution in [2.75, 3.05) is 7.05 Å². The van der Waals surface area contributed by atoms with Gasteiger partial charge in [0.2, 0.25) is 5.91 Å². The van der Waals surface area contributed by atoms with E-state index in [0.717, 1.165) is 11.1 Å². The van der Waals surface area contributed by atoms with Crippen molar-refractivity contribution < 1.29 is 10.0 Å². The Bertz CT molecular complexity index is 521. The van der Waals surface area contributed by atoms with Crippen LogP contribution in [0.5, 0.6) is 0 Å². The highest BCUT2D eigenvalue weighted by Gasteiger charge is 2.55. The van der Waals surface area contributed by atoms with E-state index in [1.165, 1.54) is 0 Å². The van der Waals surface area contributed by atoms with Gasteiger partial charge in [-0.25, -0.2) is 0 Å². The van der Waals surface area contributed by atoms with Gasteiger partial charge in [-0.05, 0) is 30.9 Å². The molecule has 3 N–H and O–H groups in total. The first kappa shape index (κ1) is 13.4. The fourth-order valence-electron chi connectivity index (χ4n) is 2.28. The number of oxime groups is 1. The average molecular weight is 261 g/mol. The van der Waals surface area contributed by atoms with Crippen LogP contribution in [-0.4, -0.2) is 28.9 Å². The fourth-order valence-corrected chi connectivity index (χ4v) is 2.28. The highest BCUT2D eigenvalue weighted by Crippen LogP contribution is 2.47. The van der Waals surface area contributed by atoms with E-state index in [1.54, 1.807) is 11.9 Å². The van der Waals surface area contributed by atoms with Gasteiger partial charge in [0.1, 0.15) is 5.41 Å². The maximum Gasteiger partial charge on any atom is 0.236 e. The van der Waals surface area contributed by atoms with Crippen LogP contribution in [0.1, 0.15) is 24.0 Å². The lowest BCUT2D eigenvalue weighted by Gasteiger charge is -2.23. The topological polar surface area (TPSA) is 78.9 Å². The second-order valence-electron chi connectivity index (χ2n) is 5.16. The van der Waals surface area contributed by atoms with Crippen LogP contribution in [-0.2, 0) is 11.3 Å². The van der Waals surface area contributed by atoms with Crippen molar-refractivity contribution in [2.45, 2.75) is 26.3 Å². The molecular weight excluding hydrogens is 242 g/mol. The van der Waals surface area contributed by atoms with Gasteiger partial charge in [0.25, 0.3) is 0 Å². The van der Waals surface area contributed by atoms with E-state index < -0.39 is 5.41 Å². The normalized spacial score (nSPS) is 17.1. The standard InChI is InChI=1S/C14H19N3O2/c1-10-5-3-4-6-11(10)9-17(2)13(18)14(7-8-14)12(15)16-19/h3-6,19H,7-9H2,1-2H3,(H2,15,16). The largest absolute Gasteiger partial charge is 0.409 e. The second-order valence-corrected chi connectivity index (χ2v) is 5.16. The van der Waals surface area contributed by atoms with Gasteiger partial charge < -0.3 is 15.8 Å². The Morgan fingerprint density at radius 1 is 1.47 bits per heavy atom. The molecule has 0 aliphatic heterocycles. The first-order chi connectivity index (χ1) is 9.01. The molecule has 1 aliphatic rings. The van der Waals surface area contributed by atoms with Crippen molar-refractivity contribution in [1.29, 1.82) is 0 Å². The molecule has 5 heteroatoms. The first-order valence-corrected chi connectivity index (χ1v) is 6.29. The number of hydrogen-bond donors (Lipinski definition) is 2. The van der Waals surface area contributed by atoms with E-state index in [2.05, 4.69) is 5.16 Å². The summed E-state index contributed by atoms with van der Waals surface area (Å²) in [6, 6.07) is 7.95. The van der Waals surface area contributed by atoms with Gasteiger partial charge in [0.05, 0.1) is 0 Å². The maximum atomic E-state index is 12.4. The molecule has 0 unspecified atom stereocenters. The number of amides is 1. The molecule has 0 heterocycles. The highest BCUT2D eigenvalue weighted by molar-refractivity contribution is 6.09. The van der Waals surface area contributed by atoms with Crippen molar-refractivity contribution >= 4 is 11.7 Å². The van der Waals surface area contributed by atoms with Gasteiger partial charge in [0, 0.05) is 13.6 Å². The molecule has 2 rings (SSSR count).